The molecule has 82 valence electrons. The zero-order valence-corrected chi connectivity index (χ0v) is 8.74. The van der Waals surface area contributed by atoms with Gasteiger partial charge in [0.2, 0.25) is 0 Å². The molecule has 0 unspecified atom stereocenters. The summed E-state index contributed by atoms with van der Waals surface area (Å²) in [6.07, 6.45) is 2.57. The molecule has 0 fully saturated rings. The lowest BCUT2D eigenvalue weighted by Crippen LogP contribution is -2.31. The number of aliphatic carboxylic acids is 1. The summed E-state index contributed by atoms with van der Waals surface area (Å²) >= 11 is 0. The number of ether oxygens (including phenoxy) is 1. The fourth-order valence-electron chi connectivity index (χ4n) is 1.14. The lowest BCUT2D eigenvalue weighted by Gasteiger charge is -2.17. The Balaban J connectivity index is 3.61. The third kappa shape index (κ3) is 7.76. The van der Waals surface area contributed by atoms with Crippen LogP contribution in [0, 0.1) is 0 Å². The Morgan fingerprint density at radius 1 is 1.64 bits per heavy atom. The number of hydrogen-bond acceptors (Lipinski definition) is 3. The van der Waals surface area contributed by atoms with E-state index in [-0.39, 0.29) is 6.54 Å². The molecule has 1 N–H and O–H groups in total. The van der Waals surface area contributed by atoms with Crippen LogP contribution in [0.3, 0.4) is 0 Å². The van der Waals surface area contributed by atoms with Gasteiger partial charge in [0.05, 0.1) is 6.54 Å². The highest BCUT2D eigenvalue weighted by Crippen LogP contribution is 1.93. The molecule has 0 saturated carbocycles. The van der Waals surface area contributed by atoms with Crippen molar-refractivity contribution >= 4 is 5.97 Å². The molecule has 0 atom stereocenters. The Morgan fingerprint density at radius 2 is 2.36 bits per heavy atom. The summed E-state index contributed by atoms with van der Waals surface area (Å²) < 4.78 is 5.17. The van der Waals surface area contributed by atoms with Crippen LogP contribution in [-0.4, -0.2) is 48.8 Å². The first-order valence-electron chi connectivity index (χ1n) is 4.83. The molecule has 0 rings (SSSR count). The van der Waals surface area contributed by atoms with Gasteiger partial charge in [-0.15, -0.1) is 6.58 Å². The third-order valence-electron chi connectivity index (χ3n) is 1.71. The second-order valence-electron chi connectivity index (χ2n) is 2.97. The highest BCUT2D eigenvalue weighted by molar-refractivity contribution is 5.69. The molecule has 0 aromatic carbocycles. The summed E-state index contributed by atoms with van der Waals surface area (Å²) in [6, 6.07) is 0. The predicted molar refractivity (Wildman–Crippen MR) is 55.4 cm³/mol. The maximum absolute atomic E-state index is 10.5. The molecular weight excluding hydrogens is 182 g/mol. The highest BCUT2D eigenvalue weighted by Gasteiger charge is 2.06. The van der Waals surface area contributed by atoms with E-state index >= 15 is 0 Å². The molecule has 0 aliphatic rings. The second-order valence-corrected chi connectivity index (χ2v) is 2.97. The van der Waals surface area contributed by atoms with Crippen molar-refractivity contribution in [2.45, 2.75) is 13.3 Å². The molecule has 4 nitrogen and oxygen atoms in total. The monoisotopic (exact) mass is 201 g/mol. The Morgan fingerprint density at radius 3 is 2.86 bits per heavy atom. The van der Waals surface area contributed by atoms with Crippen molar-refractivity contribution in [3.63, 3.8) is 0 Å². The van der Waals surface area contributed by atoms with Crippen LogP contribution in [0.2, 0.25) is 0 Å². The minimum Gasteiger partial charge on any atom is -0.480 e. The second kappa shape index (κ2) is 8.72. The Bertz CT molecular complexity index is 171. The van der Waals surface area contributed by atoms with Crippen molar-refractivity contribution in [3.05, 3.63) is 12.7 Å². The first kappa shape index (κ1) is 13.1. The largest absolute Gasteiger partial charge is 0.480 e. The highest BCUT2D eigenvalue weighted by atomic mass is 16.5. The summed E-state index contributed by atoms with van der Waals surface area (Å²) in [6.45, 7) is 8.33. The molecule has 0 amide bonds. The molecule has 0 bridgehead atoms. The average molecular weight is 201 g/mol. The predicted octanol–water partition coefficient (Wildman–Crippen LogP) is 0.986. The van der Waals surface area contributed by atoms with Gasteiger partial charge < -0.3 is 9.84 Å². The lowest BCUT2D eigenvalue weighted by atomic mass is 10.3. The number of hydrogen-bond donors (Lipinski definition) is 1. The molecular formula is C10H19NO3. The topological polar surface area (TPSA) is 49.8 Å². The van der Waals surface area contributed by atoms with Gasteiger partial charge in [0.25, 0.3) is 0 Å². The van der Waals surface area contributed by atoms with Gasteiger partial charge in [-0.3, -0.25) is 9.69 Å². The summed E-state index contributed by atoms with van der Waals surface area (Å²) in [7, 11) is 0. The van der Waals surface area contributed by atoms with Crippen molar-refractivity contribution in [3.8, 4) is 0 Å². The number of carbonyl (C=O) groups is 1. The molecule has 0 aliphatic heterocycles. The van der Waals surface area contributed by atoms with Crippen LogP contribution in [0.4, 0.5) is 0 Å². The van der Waals surface area contributed by atoms with E-state index in [0.717, 1.165) is 13.0 Å². The van der Waals surface area contributed by atoms with Crippen molar-refractivity contribution < 1.29 is 14.6 Å². The van der Waals surface area contributed by atoms with Gasteiger partial charge in [0, 0.05) is 26.3 Å². The van der Waals surface area contributed by atoms with Gasteiger partial charge >= 0.3 is 5.97 Å². The van der Waals surface area contributed by atoms with Crippen LogP contribution in [0.15, 0.2) is 12.7 Å². The molecule has 0 heterocycles. The summed E-state index contributed by atoms with van der Waals surface area (Å²) in [5.74, 6) is -0.803. The van der Waals surface area contributed by atoms with Gasteiger partial charge in [0.1, 0.15) is 0 Å². The minimum atomic E-state index is -0.803. The van der Waals surface area contributed by atoms with Crippen LogP contribution in [0.5, 0.6) is 0 Å². The van der Waals surface area contributed by atoms with Gasteiger partial charge in [-0.2, -0.15) is 0 Å². The zero-order valence-electron chi connectivity index (χ0n) is 8.74. The lowest BCUT2D eigenvalue weighted by molar-refractivity contribution is -0.138. The minimum absolute atomic E-state index is 0.0676. The van der Waals surface area contributed by atoms with Crippen molar-refractivity contribution in [2.24, 2.45) is 0 Å². The smallest absolute Gasteiger partial charge is 0.317 e. The van der Waals surface area contributed by atoms with E-state index < -0.39 is 5.97 Å². The van der Waals surface area contributed by atoms with Crippen molar-refractivity contribution in [2.75, 3.05) is 32.8 Å². The van der Waals surface area contributed by atoms with E-state index in [1.54, 1.807) is 6.08 Å². The van der Waals surface area contributed by atoms with E-state index in [4.69, 9.17) is 9.84 Å². The fourth-order valence-corrected chi connectivity index (χ4v) is 1.14. The molecule has 0 spiro atoms. The van der Waals surface area contributed by atoms with E-state index in [9.17, 15) is 4.79 Å². The normalized spacial score (nSPS) is 10.4. The molecule has 4 heteroatoms. The summed E-state index contributed by atoms with van der Waals surface area (Å²) in [5.41, 5.74) is 0. The molecule has 0 saturated heterocycles. The van der Waals surface area contributed by atoms with Gasteiger partial charge in [-0.25, -0.2) is 0 Å². The third-order valence-corrected chi connectivity index (χ3v) is 1.71. The molecule has 0 aromatic heterocycles. The van der Waals surface area contributed by atoms with E-state index in [1.807, 2.05) is 11.8 Å². The van der Waals surface area contributed by atoms with Gasteiger partial charge in [-0.05, 0) is 13.3 Å². The van der Waals surface area contributed by atoms with Crippen LogP contribution < -0.4 is 0 Å². The zero-order chi connectivity index (χ0) is 10.8. The van der Waals surface area contributed by atoms with Crippen LogP contribution in [0.1, 0.15) is 13.3 Å². The van der Waals surface area contributed by atoms with Crippen LogP contribution in [0.25, 0.3) is 0 Å². The maximum Gasteiger partial charge on any atom is 0.317 e. The fraction of sp³-hybridized carbons (Fsp3) is 0.700. The van der Waals surface area contributed by atoms with Crippen LogP contribution in [-0.2, 0) is 9.53 Å². The van der Waals surface area contributed by atoms with Crippen LogP contribution >= 0.6 is 0 Å². The number of rotatable bonds is 9. The van der Waals surface area contributed by atoms with Gasteiger partial charge in [0.15, 0.2) is 0 Å². The number of nitrogens with zero attached hydrogens (tertiary/aromatic N) is 1. The van der Waals surface area contributed by atoms with Gasteiger partial charge in [-0.1, -0.05) is 6.08 Å². The molecule has 0 aliphatic carbocycles. The summed E-state index contributed by atoms with van der Waals surface area (Å²) in [4.78, 5) is 12.3. The summed E-state index contributed by atoms with van der Waals surface area (Å²) in [5, 5.41) is 8.61. The van der Waals surface area contributed by atoms with E-state index in [0.29, 0.717) is 19.8 Å². The van der Waals surface area contributed by atoms with Crippen molar-refractivity contribution in [1.29, 1.82) is 0 Å². The molecule has 0 aromatic rings. The molecule has 14 heavy (non-hydrogen) atoms. The quantitative estimate of drug-likeness (QED) is 0.446. The Kier molecular flexibility index (Phi) is 8.17. The van der Waals surface area contributed by atoms with Crippen molar-refractivity contribution in [1.82, 2.24) is 4.90 Å². The first-order chi connectivity index (χ1) is 6.70. The Labute approximate surface area is 85.2 Å². The average Bonchev–Trinajstić information content (AvgIpc) is 2.12. The maximum atomic E-state index is 10.5. The Hall–Kier alpha value is -0.870. The van der Waals surface area contributed by atoms with E-state index in [1.165, 1.54) is 0 Å². The number of carboxylic acids is 1. The molecule has 0 radical (unpaired) electrons. The number of carboxylic acid groups (broad SMARTS) is 1. The van der Waals surface area contributed by atoms with E-state index in [2.05, 4.69) is 6.58 Å². The standard InChI is InChI=1S/C10H19NO3/c1-3-6-11(9-10(12)13)7-5-8-14-4-2/h3H,1,4-9H2,2H3,(H,12,13). The first-order valence-corrected chi connectivity index (χ1v) is 4.83. The SMILES string of the molecule is C=CCN(CCCOCC)CC(=O)O.